The zero-order chi connectivity index (χ0) is 13.0. The first-order valence-corrected chi connectivity index (χ1v) is 6.82. The van der Waals surface area contributed by atoms with E-state index >= 15 is 0 Å². The summed E-state index contributed by atoms with van der Waals surface area (Å²) in [4.78, 5) is 2.31. The lowest BCUT2D eigenvalue weighted by molar-refractivity contribution is -0.0190. The number of halogens is 1. The molecule has 3 nitrogen and oxygen atoms in total. The Balaban J connectivity index is 1.80. The van der Waals surface area contributed by atoms with Crippen LogP contribution in [0.2, 0.25) is 5.02 Å². The maximum Gasteiger partial charge on any atom is 0.0826 e. The molecule has 1 aromatic rings. The van der Waals surface area contributed by atoms with E-state index < -0.39 is 0 Å². The fourth-order valence-electron chi connectivity index (χ4n) is 2.17. The van der Waals surface area contributed by atoms with Crippen LogP contribution in [0.3, 0.4) is 0 Å². The third-order valence-electron chi connectivity index (χ3n) is 3.36. The molecule has 1 aromatic carbocycles. The van der Waals surface area contributed by atoms with Gasteiger partial charge in [-0.05, 0) is 31.7 Å². The van der Waals surface area contributed by atoms with E-state index in [1.165, 1.54) is 5.56 Å². The zero-order valence-corrected chi connectivity index (χ0v) is 11.8. The third-order valence-corrected chi connectivity index (χ3v) is 3.62. The first kappa shape index (κ1) is 13.8. The number of benzene rings is 1. The normalized spacial score (nSPS) is 22.9. The highest BCUT2D eigenvalue weighted by molar-refractivity contribution is 6.30. The summed E-state index contributed by atoms with van der Waals surface area (Å²) in [5.74, 6) is 0. The highest BCUT2D eigenvalue weighted by Gasteiger charge is 2.18. The molecule has 4 heteroatoms. The summed E-state index contributed by atoms with van der Waals surface area (Å²) in [7, 11) is 2.14. The van der Waals surface area contributed by atoms with E-state index in [0.717, 1.165) is 31.3 Å². The van der Waals surface area contributed by atoms with Crippen molar-refractivity contribution in [3.63, 3.8) is 0 Å². The molecule has 2 atom stereocenters. The van der Waals surface area contributed by atoms with Crippen LogP contribution in [-0.2, 0) is 4.74 Å². The molecule has 0 radical (unpaired) electrons. The molecule has 1 heterocycles. The van der Waals surface area contributed by atoms with Gasteiger partial charge in [0.2, 0.25) is 0 Å². The van der Waals surface area contributed by atoms with Gasteiger partial charge in [-0.2, -0.15) is 0 Å². The Hall–Kier alpha value is -0.610. The summed E-state index contributed by atoms with van der Waals surface area (Å²) in [5, 5.41) is 4.29. The average molecular weight is 269 g/mol. The van der Waals surface area contributed by atoms with Gasteiger partial charge >= 0.3 is 0 Å². The lowest BCUT2D eigenvalue weighted by Crippen LogP contribution is -2.45. The van der Waals surface area contributed by atoms with Gasteiger partial charge < -0.3 is 15.0 Å². The second-order valence-electron chi connectivity index (χ2n) is 4.94. The van der Waals surface area contributed by atoms with Gasteiger partial charge in [0.25, 0.3) is 0 Å². The van der Waals surface area contributed by atoms with Gasteiger partial charge in [0.05, 0.1) is 12.7 Å². The summed E-state index contributed by atoms with van der Waals surface area (Å²) >= 11 is 5.89. The third kappa shape index (κ3) is 3.95. The smallest absolute Gasteiger partial charge is 0.0826 e. The van der Waals surface area contributed by atoms with Crippen molar-refractivity contribution >= 4 is 11.6 Å². The van der Waals surface area contributed by atoms with Gasteiger partial charge in [0.1, 0.15) is 0 Å². The molecule has 0 amide bonds. The van der Waals surface area contributed by atoms with Gasteiger partial charge in [-0.3, -0.25) is 0 Å². The van der Waals surface area contributed by atoms with Gasteiger partial charge in [-0.1, -0.05) is 23.7 Å². The average Bonchev–Trinajstić information content (AvgIpc) is 2.37. The SMILES string of the molecule is C[C@@H](NCC1CN(C)CCO1)c1ccc(Cl)cc1. The molecule has 2 rings (SSSR count). The number of nitrogens with one attached hydrogen (secondary N) is 1. The van der Waals surface area contributed by atoms with E-state index in [-0.39, 0.29) is 0 Å². The minimum Gasteiger partial charge on any atom is -0.374 e. The van der Waals surface area contributed by atoms with Crippen molar-refractivity contribution in [2.24, 2.45) is 0 Å². The Morgan fingerprint density at radius 3 is 2.83 bits per heavy atom. The number of likely N-dealkylation sites (N-methyl/N-ethyl adjacent to an activating group) is 1. The van der Waals surface area contributed by atoms with E-state index in [1.807, 2.05) is 12.1 Å². The summed E-state index contributed by atoms with van der Waals surface area (Å²) in [6, 6.07) is 8.31. The molecule has 0 spiro atoms. The van der Waals surface area contributed by atoms with Crippen molar-refractivity contribution in [2.75, 3.05) is 33.3 Å². The zero-order valence-electron chi connectivity index (χ0n) is 11.0. The molecule has 1 saturated heterocycles. The molecule has 1 fully saturated rings. The fraction of sp³-hybridized carbons (Fsp3) is 0.571. The molecule has 0 saturated carbocycles. The summed E-state index contributed by atoms with van der Waals surface area (Å²) in [5.41, 5.74) is 1.25. The fourth-order valence-corrected chi connectivity index (χ4v) is 2.29. The summed E-state index contributed by atoms with van der Waals surface area (Å²) in [6.45, 7) is 5.91. The molecule has 0 bridgehead atoms. The molecular weight excluding hydrogens is 248 g/mol. The monoisotopic (exact) mass is 268 g/mol. The van der Waals surface area contributed by atoms with Crippen molar-refractivity contribution in [1.82, 2.24) is 10.2 Å². The Labute approximate surface area is 114 Å². The number of hydrogen-bond donors (Lipinski definition) is 1. The van der Waals surface area contributed by atoms with Gasteiger partial charge in [0, 0.05) is 30.7 Å². The number of ether oxygens (including phenoxy) is 1. The molecule has 0 aliphatic carbocycles. The van der Waals surface area contributed by atoms with Crippen LogP contribution >= 0.6 is 11.6 Å². The van der Waals surface area contributed by atoms with Crippen LogP contribution in [0.4, 0.5) is 0 Å². The largest absolute Gasteiger partial charge is 0.374 e. The predicted octanol–water partition coefficient (Wildman–Crippen LogP) is 2.32. The lowest BCUT2D eigenvalue weighted by atomic mass is 10.1. The summed E-state index contributed by atoms with van der Waals surface area (Å²) in [6.07, 6.45) is 0.290. The second-order valence-corrected chi connectivity index (χ2v) is 5.37. The molecule has 1 unspecified atom stereocenters. The maximum absolute atomic E-state index is 5.89. The predicted molar refractivity (Wildman–Crippen MR) is 75.1 cm³/mol. The minimum absolute atomic E-state index is 0.290. The Morgan fingerprint density at radius 2 is 2.17 bits per heavy atom. The van der Waals surface area contributed by atoms with Crippen LogP contribution in [0.5, 0.6) is 0 Å². The van der Waals surface area contributed by atoms with Crippen LogP contribution < -0.4 is 5.32 Å². The standard InChI is InChI=1S/C14H21ClN2O/c1-11(12-3-5-13(15)6-4-12)16-9-14-10-17(2)7-8-18-14/h3-6,11,14,16H,7-10H2,1-2H3/t11-,14?/m1/s1. The van der Waals surface area contributed by atoms with Crippen molar-refractivity contribution in [1.29, 1.82) is 0 Å². The second kappa shape index (κ2) is 6.53. The van der Waals surface area contributed by atoms with E-state index in [0.29, 0.717) is 12.1 Å². The van der Waals surface area contributed by atoms with Gasteiger partial charge in [0.15, 0.2) is 0 Å². The summed E-state index contributed by atoms with van der Waals surface area (Å²) < 4.78 is 5.73. The number of hydrogen-bond acceptors (Lipinski definition) is 3. The molecule has 18 heavy (non-hydrogen) atoms. The molecule has 1 N–H and O–H groups in total. The minimum atomic E-state index is 0.290. The quantitative estimate of drug-likeness (QED) is 0.907. The first-order valence-electron chi connectivity index (χ1n) is 6.44. The molecule has 1 aliphatic rings. The van der Waals surface area contributed by atoms with Crippen LogP contribution in [0.25, 0.3) is 0 Å². The highest BCUT2D eigenvalue weighted by Crippen LogP contribution is 2.16. The van der Waals surface area contributed by atoms with Crippen LogP contribution in [0.15, 0.2) is 24.3 Å². The van der Waals surface area contributed by atoms with Crippen LogP contribution in [0, 0.1) is 0 Å². The van der Waals surface area contributed by atoms with E-state index in [4.69, 9.17) is 16.3 Å². The topological polar surface area (TPSA) is 24.5 Å². The Kier molecular flexibility index (Phi) is 5.01. The van der Waals surface area contributed by atoms with Gasteiger partial charge in [-0.25, -0.2) is 0 Å². The first-order chi connectivity index (χ1) is 8.65. The molecule has 100 valence electrons. The van der Waals surface area contributed by atoms with E-state index in [9.17, 15) is 0 Å². The van der Waals surface area contributed by atoms with Crippen LogP contribution in [0.1, 0.15) is 18.5 Å². The Morgan fingerprint density at radius 1 is 1.44 bits per heavy atom. The van der Waals surface area contributed by atoms with Crippen molar-refractivity contribution in [2.45, 2.75) is 19.1 Å². The van der Waals surface area contributed by atoms with Crippen molar-refractivity contribution in [3.05, 3.63) is 34.9 Å². The molecule has 1 aliphatic heterocycles. The van der Waals surface area contributed by atoms with Crippen LogP contribution in [-0.4, -0.2) is 44.3 Å². The van der Waals surface area contributed by atoms with Gasteiger partial charge in [-0.15, -0.1) is 0 Å². The molecule has 0 aromatic heterocycles. The van der Waals surface area contributed by atoms with E-state index in [1.54, 1.807) is 0 Å². The number of nitrogens with zero attached hydrogens (tertiary/aromatic N) is 1. The molecular formula is C14H21ClN2O. The number of morpholine rings is 1. The number of rotatable bonds is 4. The van der Waals surface area contributed by atoms with E-state index in [2.05, 4.69) is 36.3 Å². The lowest BCUT2D eigenvalue weighted by Gasteiger charge is -2.31. The van der Waals surface area contributed by atoms with Crippen molar-refractivity contribution in [3.8, 4) is 0 Å². The van der Waals surface area contributed by atoms with Crippen molar-refractivity contribution < 1.29 is 4.74 Å². The maximum atomic E-state index is 5.89. The Bertz CT molecular complexity index is 369. The highest BCUT2D eigenvalue weighted by atomic mass is 35.5.